The molecule has 0 bridgehead atoms. The van der Waals surface area contributed by atoms with Crippen LogP contribution in [0.25, 0.3) is 5.57 Å². The van der Waals surface area contributed by atoms with Crippen LogP contribution in [0.2, 0.25) is 0 Å². The molecule has 2 heterocycles. The van der Waals surface area contributed by atoms with Gasteiger partial charge < -0.3 is 10.1 Å². The van der Waals surface area contributed by atoms with Gasteiger partial charge in [0.25, 0.3) is 0 Å². The summed E-state index contributed by atoms with van der Waals surface area (Å²) in [6.45, 7) is 4.15. The summed E-state index contributed by atoms with van der Waals surface area (Å²) in [5, 5.41) is 10.2. The predicted octanol–water partition coefficient (Wildman–Crippen LogP) is 4.07. The number of rotatable bonds is 10. The molecule has 13 heteroatoms. The minimum absolute atomic E-state index is 0.0481. The number of hydrogen-bond donors (Lipinski definition) is 2. The number of hydrogen-bond acceptors (Lipinski definition) is 7. The molecule has 0 spiro atoms. The fourth-order valence-electron chi connectivity index (χ4n) is 3.49. The van der Waals surface area contributed by atoms with Gasteiger partial charge in [0.1, 0.15) is 41.1 Å². The van der Waals surface area contributed by atoms with E-state index in [0.717, 1.165) is 24.1 Å². The van der Waals surface area contributed by atoms with E-state index < -0.39 is 35.6 Å². The number of halogens is 6. The maximum atomic E-state index is 15.1. The number of benzene rings is 1. The summed E-state index contributed by atoms with van der Waals surface area (Å²) in [5.74, 6) is -1.98. The summed E-state index contributed by atoms with van der Waals surface area (Å²) < 4.78 is 75.8. The molecule has 2 aliphatic rings. The van der Waals surface area contributed by atoms with E-state index in [1.165, 1.54) is 6.34 Å². The van der Waals surface area contributed by atoms with Crippen LogP contribution in [-0.4, -0.2) is 67.3 Å². The molecule has 0 aliphatic carbocycles. The maximum absolute atomic E-state index is 15.1. The van der Waals surface area contributed by atoms with Crippen LogP contribution in [0.3, 0.4) is 0 Å². The molecule has 2 aliphatic heterocycles. The van der Waals surface area contributed by atoms with Crippen molar-refractivity contribution in [1.29, 1.82) is 0 Å². The van der Waals surface area contributed by atoms with Crippen LogP contribution in [0.15, 0.2) is 27.4 Å². The first-order valence-corrected chi connectivity index (χ1v) is 11.1. The van der Waals surface area contributed by atoms with Crippen LogP contribution < -0.4 is 15.4 Å². The lowest BCUT2D eigenvalue weighted by Gasteiger charge is -2.36. The zero-order valence-electron chi connectivity index (χ0n) is 18.9. The van der Waals surface area contributed by atoms with Gasteiger partial charge in [-0.05, 0) is 33.4 Å². The average molecular weight is 509 g/mol. The Morgan fingerprint density at radius 3 is 2.50 bits per heavy atom. The van der Waals surface area contributed by atoms with Gasteiger partial charge in [-0.25, -0.2) is 18.8 Å². The first kappa shape index (κ1) is 26.2. The Morgan fingerprint density at radius 2 is 1.91 bits per heavy atom. The normalized spacial score (nSPS) is 19.0. The number of nitrogens with zero attached hydrogens (tertiary/aromatic N) is 4. The molecule has 2 atom stereocenters. The molecule has 1 aromatic rings. The van der Waals surface area contributed by atoms with Crippen molar-refractivity contribution in [3.05, 3.63) is 34.5 Å². The summed E-state index contributed by atoms with van der Waals surface area (Å²) >= 11 is 6.33. The lowest BCUT2D eigenvalue weighted by molar-refractivity contribution is -0.154. The van der Waals surface area contributed by atoms with Crippen molar-refractivity contribution >= 4 is 29.5 Å². The van der Waals surface area contributed by atoms with Crippen LogP contribution in [0.4, 0.5) is 22.0 Å². The Balaban J connectivity index is 2.02. The van der Waals surface area contributed by atoms with Crippen molar-refractivity contribution in [3.8, 4) is 5.75 Å². The van der Waals surface area contributed by atoms with E-state index in [2.05, 4.69) is 20.7 Å². The third-order valence-electron chi connectivity index (χ3n) is 5.20. The Bertz CT molecular complexity index is 960. The standard InChI is InChI=1S/C21H26ClF5N6O/c1-4-7-32-11-29-33-19(30-12(2)21(25,26)27)17(18(22)31-20(32)33)16-14(23)9-13(10-15(16)24)34-8-5-6-28-3/h9-12,19,28,30H,4-8H2,1-3H3/t12-,19?/m0/s1. The molecule has 1 aromatic carbocycles. The van der Waals surface area contributed by atoms with E-state index in [9.17, 15) is 13.2 Å². The third kappa shape index (κ3) is 5.61. The summed E-state index contributed by atoms with van der Waals surface area (Å²) in [7, 11) is 1.76. The molecule has 34 heavy (non-hydrogen) atoms. The van der Waals surface area contributed by atoms with Crippen LogP contribution in [0, 0.1) is 11.6 Å². The summed E-state index contributed by atoms with van der Waals surface area (Å²) in [6, 6.07) is -0.0999. The van der Waals surface area contributed by atoms with Gasteiger partial charge >= 0.3 is 6.18 Å². The highest BCUT2D eigenvalue weighted by Crippen LogP contribution is 2.38. The Morgan fingerprint density at radius 1 is 1.24 bits per heavy atom. The van der Waals surface area contributed by atoms with E-state index in [4.69, 9.17) is 16.3 Å². The van der Waals surface area contributed by atoms with Crippen LogP contribution >= 0.6 is 11.6 Å². The van der Waals surface area contributed by atoms with Gasteiger partial charge in [-0.2, -0.15) is 18.3 Å². The molecule has 7 nitrogen and oxygen atoms in total. The molecule has 3 rings (SSSR count). The zero-order chi connectivity index (χ0) is 25.0. The van der Waals surface area contributed by atoms with Gasteiger partial charge in [0.05, 0.1) is 12.2 Å². The van der Waals surface area contributed by atoms with Crippen molar-refractivity contribution in [1.82, 2.24) is 20.5 Å². The number of hydrazone groups is 1. The Labute approximate surface area is 199 Å². The number of aliphatic imine (C=N–C) groups is 1. The fourth-order valence-corrected chi connectivity index (χ4v) is 3.76. The molecular weight excluding hydrogens is 483 g/mol. The van der Waals surface area contributed by atoms with Gasteiger partial charge in [-0.15, -0.1) is 0 Å². The minimum atomic E-state index is -4.62. The zero-order valence-corrected chi connectivity index (χ0v) is 19.6. The molecule has 0 saturated heterocycles. The molecule has 0 aromatic heterocycles. The molecule has 0 radical (unpaired) electrons. The van der Waals surface area contributed by atoms with Gasteiger partial charge in [0.2, 0.25) is 5.96 Å². The number of fused-ring (bicyclic) bond motifs is 1. The predicted molar refractivity (Wildman–Crippen MR) is 120 cm³/mol. The highest BCUT2D eigenvalue weighted by molar-refractivity contribution is 6.34. The molecule has 2 N–H and O–H groups in total. The quantitative estimate of drug-likeness (QED) is 0.283. The van der Waals surface area contributed by atoms with Crippen molar-refractivity contribution in [2.45, 2.75) is 45.1 Å². The molecule has 1 unspecified atom stereocenters. The van der Waals surface area contributed by atoms with E-state index in [-0.39, 0.29) is 29.0 Å². The monoisotopic (exact) mass is 508 g/mol. The summed E-state index contributed by atoms with van der Waals surface area (Å²) in [5.41, 5.74) is -0.903. The molecule has 0 amide bonds. The summed E-state index contributed by atoms with van der Waals surface area (Å²) in [4.78, 5) is 5.79. The lowest BCUT2D eigenvalue weighted by atomic mass is 10.00. The van der Waals surface area contributed by atoms with E-state index in [1.807, 2.05) is 6.92 Å². The van der Waals surface area contributed by atoms with E-state index in [0.29, 0.717) is 25.9 Å². The van der Waals surface area contributed by atoms with Gasteiger partial charge in [0, 0.05) is 24.3 Å². The van der Waals surface area contributed by atoms with Crippen molar-refractivity contribution < 1.29 is 26.7 Å². The van der Waals surface area contributed by atoms with Gasteiger partial charge in [-0.3, -0.25) is 10.2 Å². The first-order valence-electron chi connectivity index (χ1n) is 10.8. The Kier molecular flexibility index (Phi) is 8.37. The van der Waals surface area contributed by atoms with E-state index in [1.54, 1.807) is 11.9 Å². The van der Waals surface area contributed by atoms with Crippen molar-refractivity contribution in [2.24, 2.45) is 10.1 Å². The second kappa shape index (κ2) is 10.9. The van der Waals surface area contributed by atoms with Gasteiger partial charge in [0.15, 0.2) is 0 Å². The molecule has 188 valence electrons. The maximum Gasteiger partial charge on any atom is 0.403 e. The fraction of sp³-hybridized carbons (Fsp3) is 0.524. The Hall–Kier alpha value is -2.44. The number of alkyl halides is 3. The van der Waals surface area contributed by atoms with Crippen molar-refractivity contribution in [3.63, 3.8) is 0 Å². The van der Waals surface area contributed by atoms with E-state index >= 15 is 8.78 Å². The number of guanidine groups is 1. The van der Waals surface area contributed by atoms with Gasteiger partial charge in [-0.1, -0.05) is 18.5 Å². The SMILES string of the molecule is CCCN1C=NN2C1=NC(Cl)=C(c1c(F)cc(OCCCNC)cc1F)C2N[C@@H](C)C(F)(F)F. The highest BCUT2D eigenvalue weighted by atomic mass is 35.5. The van der Waals surface area contributed by atoms with Crippen LogP contribution in [0.5, 0.6) is 5.75 Å². The molecule has 0 saturated carbocycles. The summed E-state index contributed by atoms with van der Waals surface area (Å²) in [6.07, 6.45) is -3.36. The smallest absolute Gasteiger partial charge is 0.403 e. The largest absolute Gasteiger partial charge is 0.493 e. The second-order valence-corrected chi connectivity index (χ2v) is 8.14. The minimum Gasteiger partial charge on any atom is -0.493 e. The topological polar surface area (TPSA) is 64.5 Å². The average Bonchev–Trinajstić information content (AvgIpc) is 3.14. The third-order valence-corrected chi connectivity index (χ3v) is 5.49. The number of nitrogens with one attached hydrogen (secondary N) is 2. The molecule has 0 fully saturated rings. The first-order chi connectivity index (χ1) is 16.1. The van der Waals surface area contributed by atoms with Crippen LogP contribution in [-0.2, 0) is 0 Å². The van der Waals surface area contributed by atoms with Crippen LogP contribution in [0.1, 0.15) is 32.3 Å². The van der Waals surface area contributed by atoms with Crippen molar-refractivity contribution in [2.75, 3.05) is 26.7 Å². The number of ether oxygens (including phenoxy) is 1. The second-order valence-electron chi connectivity index (χ2n) is 7.79. The molecular formula is C21H26ClF5N6O. The highest BCUT2D eigenvalue weighted by Gasteiger charge is 2.44. The lowest BCUT2D eigenvalue weighted by Crippen LogP contribution is -2.55.